The number of esters is 1. The van der Waals surface area contributed by atoms with E-state index in [4.69, 9.17) is 30.5 Å². The van der Waals surface area contributed by atoms with Crippen molar-refractivity contribution < 1.29 is 33.3 Å². The minimum absolute atomic E-state index is 0.184. The molecule has 3 amide bonds. The maximum Gasteiger partial charge on any atom is 0.338 e. The summed E-state index contributed by atoms with van der Waals surface area (Å²) in [4.78, 5) is 37.2. The number of hydrogen-bond donors (Lipinski definition) is 3. The zero-order chi connectivity index (χ0) is 30.8. The summed E-state index contributed by atoms with van der Waals surface area (Å²) in [5.41, 5.74) is 5.28. The third-order valence-electron chi connectivity index (χ3n) is 6.26. The molecule has 4 rings (SSSR count). The number of rotatable bonds is 12. The van der Waals surface area contributed by atoms with Gasteiger partial charge in [-0.3, -0.25) is 4.79 Å². The molecular formula is C31H31ClN4O7. The van der Waals surface area contributed by atoms with E-state index in [9.17, 15) is 14.4 Å². The van der Waals surface area contributed by atoms with Gasteiger partial charge < -0.3 is 29.6 Å². The number of carbonyl (C=O) groups is 3. The van der Waals surface area contributed by atoms with Crippen molar-refractivity contribution in [1.82, 2.24) is 16.1 Å². The van der Waals surface area contributed by atoms with E-state index in [0.29, 0.717) is 40.0 Å². The Morgan fingerprint density at radius 3 is 2.53 bits per heavy atom. The Labute approximate surface area is 253 Å². The van der Waals surface area contributed by atoms with Crippen molar-refractivity contribution in [3.8, 4) is 17.2 Å². The van der Waals surface area contributed by atoms with Crippen LogP contribution in [0.2, 0.25) is 5.02 Å². The van der Waals surface area contributed by atoms with E-state index in [0.717, 1.165) is 5.56 Å². The first-order valence-corrected chi connectivity index (χ1v) is 13.7. The summed E-state index contributed by atoms with van der Waals surface area (Å²) in [6, 6.07) is 18.3. The third-order valence-corrected chi connectivity index (χ3v) is 6.52. The highest BCUT2D eigenvalue weighted by atomic mass is 35.5. The largest absolute Gasteiger partial charge is 0.493 e. The summed E-state index contributed by atoms with van der Waals surface area (Å²) < 4.78 is 22.2. The number of ether oxygens (including phenoxy) is 4. The molecule has 224 valence electrons. The Kier molecular flexibility index (Phi) is 10.6. The first kappa shape index (κ1) is 30.9. The molecule has 0 radical (unpaired) electrons. The quantitative estimate of drug-likeness (QED) is 0.155. The Hall–Kier alpha value is -5.03. The lowest BCUT2D eigenvalue weighted by Gasteiger charge is -2.28. The molecule has 0 saturated carbocycles. The number of para-hydroxylation sites is 1. The summed E-state index contributed by atoms with van der Waals surface area (Å²) in [6.07, 6.45) is 1.48. The monoisotopic (exact) mass is 606 g/mol. The fourth-order valence-corrected chi connectivity index (χ4v) is 4.34. The van der Waals surface area contributed by atoms with Gasteiger partial charge in [0.1, 0.15) is 12.4 Å². The van der Waals surface area contributed by atoms with Gasteiger partial charge in [-0.15, -0.1) is 0 Å². The average molecular weight is 607 g/mol. The van der Waals surface area contributed by atoms with Crippen molar-refractivity contribution in [1.29, 1.82) is 0 Å². The van der Waals surface area contributed by atoms with E-state index < -0.39 is 23.9 Å². The summed E-state index contributed by atoms with van der Waals surface area (Å²) >= 11 is 5.94. The molecule has 3 aromatic rings. The molecule has 1 aliphatic heterocycles. The Morgan fingerprint density at radius 1 is 1.02 bits per heavy atom. The van der Waals surface area contributed by atoms with Crippen LogP contribution in [0.4, 0.5) is 4.79 Å². The van der Waals surface area contributed by atoms with Crippen molar-refractivity contribution in [2.75, 3.05) is 20.3 Å². The first-order chi connectivity index (χ1) is 20.8. The van der Waals surface area contributed by atoms with Gasteiger partial charge in [-0.25, -0.2) is 15.0 Å². The SMILES string of the molecule is CCOC(=O)C1=C(C)NC(=O)N[C@H]1c1ccc(OCC(=O)N/N=C/c2ccccc2OCc2ccc(Cl)cc2)c(OC)c1. The van der Waals surface area contributed by atoms with Gasteiger partial charge in [0.15, 0.2) is 18.1 Å². The number of nitrogens with zero attached hydrogens (tertiary/aromatic N) is 1. The smallest absolute Gasteiger partial charge is 0.338 e. The molecule has 0 aromatic heterocycles. The molecule has 1 atom stereocenters. The van der Waals surface area contributed by atoms with E-state index >= 15 is 0 Å². The summed E-state index contributed by atoms with van der Waals surface area (Å²) in [6.45, 7) is 3.50. The van der Waals surface area contributed by atoms with Crippen molar-refractivity contribution >= 4 is 35.7 Å². The van der Waals surface area contributed by atoms with E-state index in [-0.39, 0.29) is 24.5 Å². The predicted octanol–water partition coefficient (Wildman–Crippen LogP) is 4.65. The van der Waals surface area contributed by atoms with Crippen LogP contribution in [0, 0.1) is 0 Å². The minimum atomic E-state index is -0.772. The van der Waals surface area contributed by atoms with Crippen LogP contribution in [0.5, 0.6) is 17.2 Å². The van der Waals surface area contributed by atoms with Gasteiger partial charge in [-0.2, -0.15) is 5.10 Å². The zero-order valence-corrected chi connectivity index (χ0v) is 24.6. The van der Waals surface area contributed by atoms with Crippen LogP contribution < -0.4 is 30.3 Å². The number of nitrogens with one attached hydrogen (secondary N) is 3. The number of halogens is 1. The van der Waals surface area contributed by atoms with Crippen LogP contribution in [0.3, 0.4) is 0 Å². The lowest BCUT2D eigenvalue weighted by molar-refractivity contribution is -0.139. The molecular weight excluding hydrogens is 576 g/mol. The Balaban J connectivity index is 1.37. The van der Waals surface area contributed by atoms with Crippen LogP contribution in [-0.2, 0) is 20.9 Å². The topological polar surface area (TPSA) is 137 Å². The minimum Gasteiger partial charge on any atom is -0.493 e. The molecule has 12 heteroatoms. The molecule has 0 saturated heterocycles. The normalized spacial score (nSPS) is 14.5. The third kappa shape index (κ3) is 8.26. The molecule has 43 heavy (non-hydrogen) atoms. The summed E-state index contributed by atoms with van der Waals surface area (Å²) in [7, 11) is 1.44. The van der Waals surface area contributed by atoms with Crippen LogP contribution >= 0.6 is 11.6 Å². The number of benzene rings is 3. The Morgan fingerprint density at radius 2 is 1.79 bits per heavy atom. The predicted molar refractivity (Wildman–Crippen MR) is 160 cm³/mol. The van der Waals surface area contributed by atoms with E-state index in [1.165, 1.54) is 13.3 Å². The van der Waals surface area contributed by atoms with Gasteiger partial charge in [-0.05, 0) is 61.4 Å². The highest BCUT2D eigenvalue weighted by Crippen LogP contribution is 2.34. The summed E-state index contributed by atoms with van der Waals surface area (Å²) in [5.74, 6) is 0.122. The highest BCUT2D eigenvalue weighted by molar-refractivity contribution is 6.30. The number of methoxy groups -OCH3 is 1. The first-order valence-electron chi connectivity index (χ1n) is 13.3. The van der Waals surface area contributed by atoms with E-state index in [1.807, 2.05) is 30.3 Å². The lowest BCUT2D eigenvalue weighted by atomic mass is 9.95. The molecule has 0 aliphatic carbocycles. The van der Waals surface area contributed by atoms with Crippen LogP contribution in [0.15, 0.2) is 83.1 Å². The van der Waals surface area contributed by atoms with Crippen molar-refractivity contribution in [2.24, 2.45) is 5.10 Å². The average Bonchev–Trinajstić information content (AvgIpc) is 3.00. The van der Waals surface area contributed by atoms with Gasteiger partial charge in [-0.1, -0.05) is 41.9 Å². The molecule has 0 fully saturated rings. The lowest BCUT2D eigenvalue weighted by Crippen LogP contribution is -2.45. The number of hydrogen-bond acceptors (Lipinski definition) is 8. The second-order valence-corrected chi connectivity index (χ2v) is 9.67. The zero-order valence-electron chi connectivity index (χ0n) is 23.8. The van der Waals surface area contributed by atoms with Gasteiger partial charge >= 0.3 is 12.0 Å². The van der Waals surface area contributed by atoms with Gasteiger partial charge in [0.05, 0.1) is 31.5 Å². The molecule has 0 spiro atoms. The fourth-order valence-electron chi connectivity index (χ4n) is 4.22. The van der Waals surface area contributed by atoms with Crippen LogP contribution in [0.25, 0.3) is 0 Å². The maximum absolute atomic E-state index is 12.6. The molecule has 0 unspecified atom stereocenters. The van der Waals surface area contributed by atoms with Crippen molar-refractivity contribution in [3.63, 3.8) is 0 Å². The molecule has 3 N–H and O–H groups in total. The van der Waals surface area contributed by atoms with Gasteiger partial charge in [0, 0.05) is 16.3 Å². The van der Waals surface area contributed by atoms with Crippen LogP contribution in [0.1, 0.15) is 36.6 Å². The number of urea groups is 1. The van der Waals surface area contributed by atoms with E-state index in [2.05, 4.69) is 21.2 Å². The number of allylic oxidation sites excluding steroid dienone is 1. The van der Waals surface area contributed by atoms with Gasteiger partial charge in [0.25, 0.3) is 5.91 Å². The maximum atomic E-state index is 12.6. The molecule has 3 aromatic carbocycles. The second-order valence-electron chi connectivity index (χ2n) is 9.24. The molecule has 0 bridgehead atoms. The standard InChI is InChI=1S/C31H31ClN4O7/c1-4-41-30(38)28-19(2)34-31(39)35-29(28)21-11-14-25(26(15-21)40-3)43-18-27(37)36-33-16-22-7-5-6-8-24(22)42-17-20-9-12-23(32)13-10-20/h5-16,29H,4,17-18H2,1-3H3,(H,36,37)(H2,34,35,39)/b33-16+/t29-/m0/s1. The number of hydrazone groups is 1. The number of carbonyl (C=O) groups excluding carboxylic acids is 3. The number of amides is 3. The van der Waals surface area contributed by atoms with Crippen LogP contribution in [-0.4, -0.2) is 44.4 Å². The van der Waals surface area contributed by atoms with Crippen molar-refractivity contribution in [3.05, 3.63) is 99.7 Å². The molecule has 11 nitrogen and oxygen atoms in total. The molecule has 1 aliphatic rings. The summed E-state index contributed by atoms with van der Waals surface area (Å²) in [5, 5.41) is 10.00. The molecule has 1 heterocycles. The second kappa shape index (κ2) is 14.7. The fraction of sp³-hybridized carbons (Fsp3) is 0.226. The van der Waals surface area contributed by atoms with Crippen molar-refractivity contribution in [2.45, 2.75) is 26.5 Å². The Bertz CT molecular complexity index is 1540. The van der Waals surface area contributed by atoms with E-state index in [1.54, 1.807) is 50.2 Å². The highest BCUT2D eigenvalue weighted by Gasteiger charge is 2.32. The van der Waals surface area contributed by atoms with Gasteiger partial charge in [0.2, 0.25) is 0 Å².